The third-order valence-electron chi connectivity index (χ3n) is 3.30. The minimum Gasteiger partial charge on any atom is -0.370 e. The van der Waals surface area contributed by atoms with E-state index in [-0.39, 0.29) is 11.5 Å². The van der Waals surface area contributed by atoms with Crippen molar-refractivity contribution in [3.05, 3.63) is 11.7 Å². The smallest absolute Gasteiger partial charge is 0.228 e. The quantitative estimate of drug-likeness (QED) is 0.794. The molecular formula is C15H29N3O2. The van der Waals surface area contributed by atoms with Crippen molar-refractivity contribution >= 4 is 0 Å². The van der Waals surface area contributed by atoms with Crippen molar-refractivity contribution in [2.24, 2.45) is 5.41 Å². The molecule has 0 fully saturated rings. The van der Waals surface area contributed by atoms with Gasteiger partial charge in [0.25, 0.3) is 0 Å². The van der Waals surface area contributed by atoms with Crippen LogP contribution in [0.1, 0.15) is 65.3 Å². The van der Waals surface area contributed by atoms with E-state index in [1.807, 2.05) is 14.0 Å². The third-order valence-corrected chi connectivity index (χ3v) is 3.30. The van der Waals surface area contributed by atoms with Crippen LogP contribution in [-0.4, -0.2) is 29.8 Å². The zero-order valence-corrected chi connectivity index (χ0v) is 13.7. The fraction of sp³-hybridized carbons (Fsp3) is 0.867. The Bertz CT molecular complexity index is 385. The SMILES string of the molecule is CCCC(Cc1nc(C(OCC)C(C)(C)C)no1)NC. The van der Waals surface area contributed by atoms with Crippen LogP contribution in [0.5, 0.6) is 0 Å². The molecule has 2 unspecified atom stereocenters. The molecule has 0 aromatic carbocycles. The van der Waals surface area contributed by atoms with Crippen molar-refractivity contribution in [1.82, 2.24) is 15.5 Å². The third kappa shape index (κ3) is 4.87. The van der Waals surface area contributed by atoms with Gasteiger partial charge in [0.2, 0.25) is 11.7 Å². The summed E-state index contributed by atoms with van der Waals surface area (Å²) in [6, 6.07) is 0.383. The summed E-state index contributed by atoms with van der Waals surface area (Å²) >= 11 is 0. The van der Waals surface area contributed by atoms with Crippen LogP contribution in [0.15, 0.2) is 4.52 Å². The van der Waals surface area contributed by atoms with Crippen molar-refractivity contribution in [3.8, 4) is 0 Å². The van der Waals surface area contributed by atoms with Gasteiger partial charge in [-0.25, -0.2) is 0 Å². The summed E-state index contributed by atoms with van der Waals surface area (Å²) < 4.78 is 11.2. The fourth-order valence-electron chi connectivity index (χ4n) is 2.24. The van der Waals surface area contributed by atoms with Gasteiger partial charge >= 0.3 is 0 Å². The predicted molar refractivity (Wildman–Crippen MR) is 79.6 cm³/mol. The molecule has 2 atom stereocenters. The zero-order valence-electron chi connectivity index (χ0n) is 13.7. The van der Waals surface area contributed by atoms with Crippen LogP contribution in [0.2, 0.25) is 0 Å². The Hall–Kier alpha value is -0.940. The summed E-state index contributed by atoms with van der Waals surface area (Å²) in [7, 11) is 1.97. The Morgan fingerprint density at radius 2 is 2.00 bits per heavy atom. The standard InChI is InChI=1S/C15H29N3O2/c1-7-9-11(16-6)10-12-17-14(18-20-12)13(19-8-2)15(3,4)5/h11,13,16H,7-10H2,1-6H3. The van der Waals surface area contributed by atoms with Crippen molar-refractivity contribution in [1.29, 1.82) is 0 Å². The van der Waals surface area contributed by atoms with E-state index < -0.39 is 0 Å². The topological polar surface area (TPSA) is 60.2 Å². The monoisotopic (exact) mass is 283 g/mol. The first kappa shape index (κ1) is 17.1. The highest BCUT2D eigenvalue weighted by molar-refractivity contribution is 4.97. The predicted octanol–water partition coefficient (Wildman–Crippen LogP) is 3.12. The molecule has 1 aromatic rings. The molecule has 1 aromatic heterocycles. The number of aromatic nitrogens is 2. The Labute approximate surface area is 122 Å². The number of nitrogens with zero attached hydrogens (tertiary/aromatic N) is 2. The Morgan fingerprint density at radius 3 is 2.50 bits per heavy atom. The highest BCUT2D eigenvalue weighted by Gasteiger charge is 2.31. The summed E-state index contributed by atoms with van der Waals surface area (Å²) in [5.74, 6) is 1.34. The molecule has 116 valence electrons. The number of ether oxygens (including phenoxy) is 1. The molecule has 0 bridgehead atoms. The minimum atomic E-state index is -0.135. The summed E-state index contributed by atoms with van der Waals surface area (Å²) in [6.45, 7) is 11.2. The van der Waals surface area contributed by atoms with E-state index in [0.717, 1.165) is 19.3 Å². The molecule has 0 aliphatic heterocycles. The van der Waals surface area contributed by atoms with E-state index in [4.69, 9.17) is 9.26 Å². The summed E-state index contributed by atoms with van der Waals surface area (Å²) in [6.07, 6.45) is 2.86. The van der Waals surface area contributed by atoms with E-state index in [2.05, 4.69) is 43.2 Å². The Morgan fingerprint density at radius 1 is 1.30 bits per heavy atom. The van der Waals surface area contributed by atoms with Gasteiger partial charge in [0, 0.05) is 19.1 Å². The first-order valence-corrected chi connectivity index (χ1v) is 7.53. The Kier molecular flexibility index (Phi) is 6.62. The first-order valence-electron chi connectivity index (χ1n) is 7.53. The summed E-state index contributed by atoms with van der Waals surface area (Å²) in [5.41, 5.74) is -0.0526. The molecule has 1 N–H and O–H groups in total. The maximum absolute atomic E-state index is 5.78. The molecule has 0 aliphatic rings. The number of nitrogens with one attached hydrogen (secondary N) is 1. The lowest BCUT2D eigenvalue weighted by Crippen LogP contribution is -2.27. The molecule has 0 aliphatic carbocycles. The van der Waals surface area contributed by atoms with Gasteiger partial charge < -0.3 is 14.6 Å². The molecule has 0 saturated heterocycles. The van der Waals surface area contributed by atoms with Crippen molar-refractivity contribution in [2.45, 2.75) is 66.0 Å². The van der Waals surface area contributed by atoms with E-state index in [0.29, 0.717) is 24.4 Å². The summed E-state index contributed by atoms with van der Waals surface area (Å²) in [5, 5.41) is 7.40. The zero-order chi connectivity index (χ0) is 15.2. The molecule has 5 nitrogen and oxygen atoms in total. The van der Waals surface area contributed by atoms with E-state index in [1.165, 1.54) is 0 Å². The Balaban J connectivity index is 2.78. The molecule has 20 heavy (non-hydrogen) atoms. The van der Waals surface area contributed by atoms with Gasteiger partial charge in [-0.3, -0.25) is 0 Å². The van der Waals surface area contributed by atoms with Crippen LogP contribution in [0.25, 0.3) is 0 Å². The van der Waals surface area contributed by atoms with Crippen LogP contribution in [-0.2, 0) is 11.2 Å². The van der Waals surface area contributed by atoms with Crippen molar-refractivity contribution < 1.29 is 9.26 Å². The lowest BCUT2D eigenvalue weighted by Gasteiger charge is -2.27. The van der Waals surface area contributed by atoms with Crippen molar-refractivity contribution in [3.63, 3.8) is 0 Å². The average Bonchev–Trinajstić information content (AvgIpc) is 2.82. The van der Waals surface area contributed by atoms with Crippen LogP contribution in [0.3, 0.4) is 0 Å². The molecule has 5 heteroatoms. The van der Waals surface area contributed by atoms with Gasteiger partial charge in [-0.05, 0) is 25.8 Å². The van der Waals surface area contributed by atoms with E-state index in [9.17, 15) is 0 Å². The van der Waals surface area contributed by atoms with Crippen LogP contribution in [0, 0.1) is 5.41 Å². The maximum Gasteiger partial charge on any atom is 0.228 e. The van der Waals surface area contributed by atoms with Crippen molar-refractivity contribution in [2.75, 3.05) is 13.7 Å². The highest BCUT2D eigenvalue weighted by Crippen LogP contribution is 2.34. The van der Waals surface area contributed by atoms with Gasteiger partial charge in [-0.15, -0.1) is 0 Å². The van der Waals surface area contributed by atoms with E-state index in [1.54, 1.807) is 0 Å². The molecule has 0 spiro atoms. The second-order valence-electron chi connectivity index (χ2n) is 6.23. The van der Waals surface area contributed by atoms with Crippen LogP contribution >= 0.6 is 0 Å². The average molecular weight is 283 g/mol. The normalized spacial score (nSPS) is 15.3. The second kappa shape index (κ2) is 7.74. The van der Waals surface area contributed by atoms with Gasteiger partial charge in [-0.1, -0.05) is 39.3 Å². The van der Waals surface area contributed by atoms with E-state index >= 15 is 0 Å². The highest BCUT2D eigenvalue weighted by atomic mass is 16.5. The summed E-state index contributed by atoms with van der Waals surface area (Å²) in [4.78, 5) is 4.52. The minimum absolute atomic E-state index is 0.0526. The molecule has 1 rings (SSSR count). The molecule has 0 amide bonds. The lowest BCUT2D eigenvalue weighted by atomic mass is 9.88. The first-order chi connectivity index (χ1) is 9.42. The van der Waals surface area contributed by atoms with Gasteiger partial charge in [-0.2, -0.15) is 4.98 Å². The van der Waals surface area contributed by atoms with Gasteiger partial charge in [0.05, 0.1) is 0 Å². The van der Waals surface area contributed by atoms with Gasteiger partial charge in [0.15, 0.2) is 0 Å². The molecule has 0 radical (unpaired) electrons. The fourth-order valence-corrected chi connectivity index (χ4v) is 2.24. The number of hydrogen-bond acceptors (Lipinski definition) is 5. The van der Waals surface area contributed by atoms with Gasteiger partial charge in [0.1, 0.15) is 6.10 Å². The van der Waals surface area contributed by atoms with Crippen LogP contribution in [0.4, 0.5) is 0 Å². The molecular weight excluding hydrogens is 254 g/mol. The maximum atomic E-state index is 5.78. The number of rotatable bonds is 8. The molecule has 1 heterocycles. The second-order valence-corrected chi connectivity index (χ2v) is 6.23. The molecule has 0 saturated carbocycles. The van der Waals surface area contributed by atoms with Crippen LogP contribution < -0.4 is 5.32 Å². The number of hydrogen-bond donors (Lipinski definition) is 1. The largest absolute Gasteiger partial charge is 0.370 e. The number of likely N-dealkylation sites (N-methyl/N-ethyl adjacent to an activating group) is 1. The lowest BCUT2D eigenvalue weighted by molar-refractivity contribution is -0.0203.